The van der Waals surface area contributed by atoms with Gasteiger partial charge in [0.25, 0.3) is 11.6 Å². The standard InChI is InChI=1S/C22H20FN3O4/c1-5-28-20-17-21(26-22(25-20)29-16-9-7-6-8-15(16)23)30-19(24-17)14-10-12(2)18(27-4)13(3)11-14/h6-11H,5H2,1-4H3. The average molecular weight is 409 g/mol. The number of fused-ring (bicyclic) bond motifs is 1. The lowest BCUT2D eigenvalue weighted by atomic mass is 10.1. The third kappa shape index (κ3) is 3.63. The van der Waals surface area contributed by atoms with Crippen LogP contribution in [0.1, 0.15) is 18.1 Å². The van der Waals surface area contributed by atoms with Gasteiger partial charge in [-0.15, -0.1) is 0 Å². The topological polar surface area (TPSA) is 79.5 Å². The molecule has 0 amide bonds. The van der Waals surface area contributed by atoms with Gasteiger partial charge in [-0.25, -0.2) is 9.37 Å². The number of nitrogens with zero attached hydrogens (tertiary/aromatic N) is 3. The second kappa shape index (κ2) is 7.98. The van der Waals surface area contributed by atoms with Gasteiger partial charge >= 0.3 is 6.01 Å². The van der Waals surface area contributed by atoms with Crippen molar-refractivity contribution in [3.8, 4) is 34.8 Å². The molecular weight excluding hydrogens is 389 g/mol. The lowest BCUT2D eigenvalue weighted by Gasteiger charge is -2.09. The van der Waals surface area contributed by atoms with Crippen LogP contribution in [-0.4, -0.2) is 28.7 Å². The minimum atomic E-state index is -0.526. The maximum Gasteiger partial charge on any atom is 0.328 e. The summed E-state index contributed by atoms with van der Waals surface area (Å²) < 4.78 is 36.3. The minimum absolute atomic E-state index is 0.000409. The zero-order chi connectivity index (χ0) is 21.3. The zero-order valence-electron chi connectivity index (χ0n) is 17.0. The Morgan fingerprint density at radius 1 is 1.03 bits per heavy atom. The molecule has 0 saturated heterocycles. The summed E-state index contributed by atoms with van der Waals surface area (Å²) >= 11 is 0. The number of hydrogen-bond acceptors (Lipinski definition) is 7. The van der Waals surface area contributed by atoms with Gasteiger partial charge in [0.1, 0.15) is 5.75 Å². The number of halogens is 1. The molecule has 30 heavy (non-hydrogen) atoms. The van der Waals surface area contributed by atoms with Crippen LogP contribution in [0.5, 0.6) is 23.4 Å². The third-order valence-corrected chi connectivity index (χ3v) is 4.44. The summed E-state index contributed by atoms with van der Waals surface area (Å²) in [6, 6.07) is 9.74. The Balaban J connectivity index is 1.80. The van der Waals surface area contributed by atoms with E-state index in [0.29, 0.717) is 18.0 Å². The van der Waals surface area contributed by atoms with E-state index in [1.54, 1.807) is 19.2 Å². The van der Waals surface area contributed by atoms with Crippen molar-refractivity contribution in [2.75, 3.05) is 13.7 Å². The van der Waals surface area contributed by atoms with Crippen molar-refractivity contribution >= 4 is 11.2 Å². The number of rotatable bonds is 6. The maximum absolute atomic E-state index is 13.9. The molecule has 0 unspecified atom stereocenters. The molecular formula is C22H20FN3O4. The monoisotopic (exact) mass is 409 g/mol. The van der Waals surface area contributed by atoms with Gasteiger partial charge in [0, 0.05) is 5.56 Å². The van der Waals surface area contributed by atoms with Crippen LogP contribution in [0.3, 0.4) is 0 Å². The molecule has 4 rings (SSSR count). The van der Waals surface area contributed by atoms with Crippen LogP contribution in [0.25, 0.3) is 22.7 Å². The number of oxazole rings is 1. The molecule has 0 radical (unpaired) electrons. The summed E-state index contributed by atoms with van der Waals surface area (Å²) in [5.41, 5.74) is 3.21. The third-order valence-electron chi connectivity index (χ3n) is 4.44. The smallest absolute Gasteiger partial charge is 0.328 e. The molecule has 7 nitrogen and oxygen atoms in total. The Morgan fingerprint density at radius 2 is 1.77 bits per heavy atom. The summed E-state index contributed by atoms with van der Waals surface area (Å²) in [5.74, 6) is 0.843. The molecule has 154 valence electrons. The number of benzene rings is 2. The zero-order valence-corrected chi connectivity index (χ0v) is 17.0. The Labute approximate surface area is 172 Å². The predicted molar refractivity (Wildman–Crippen MR) is 109 cm³/mol. The van der Waals surface area contributed by atoms with Gasteiger partial charge in [0.05, 0.1) is 13.7 Å². The number of aromatic nitrogens is 3. The van der Waals surface area contributed by atoms with E-state index in [2.05, 4.69) is 15.0 Å². The van der Waals surface area contributed by atoms with Gasteiger partial charge in [0.15, 0.2) is 17.1 Å². The van der Waals surface area contributed by atoms with Crippen LogP contribution >= 0.6 is 0 Å². The highest BCUT2D eigenvalue weighted by Crippen LogP contribution is 2.34. The molecule has 0 aliphatic heterocycles. The fourth-order valence-corrected chi connectivity index (χ4v) is 3.21. The van der Waals surface area contributed by atoms with Gasteiger partial charge in [-0.1, -0.05) is 12.1 Å². The second-order valence-corrected chi connectivity index (χ2v) is 6.59. The highest BCUT2D eigenvalue weighted by Gasteiger charge is 2.20. The Kier molecular flexibility index (Phi) is 5.22. The minimum Gasteiger partial charge on any atom is -0.496 e. The molecule has 0 saturated carbocycles. The van der Waals surface area contributed by atoms with Crippen molar-refractivity contribution in [1.29, 1.82) is 0 Å². The summed E-state index contributed by atoms with van der Waals surface area (Å²) in [6.07, 6.45) is 0. The molecule has 0 N–H and O–H groups in total. The van der Waals surface area contributed by atoms with E-state index >= 15 is 0 Å². The first-order chi connectivity index (χ1) is 14.5. The van der Waals surface area contributed by atoms with E-state index in [1.807, 2.05) is 32.9 Å². The van der Waals surface area contributed by atoms with Gasteiger partial charge in [0.2, 0.25) is 5.89 Å². The largest absolute Gasteiger partial charge is 0.496 e. The lowest BCUT2D eigenvalue weighted by Crippen LogP contribution is -2.00. The van der Waals surface area contributed by atoms with Gasteiger partial charge in [-0.3, -0.25) is 0 Å². The molecule has 0 aliphatic rings. The van der Waals surface area contributed by atoms with Crippen molar-refractivity contribution < 1.29 is 23.0 Å². The Hall–Kier alpha value is -3.68. The molecule has 0 aliphatic carbocycles. The van der Waals surface area contributed by atoms with Gasteiger partial charge < -0.3 is 18.6 Å². The predicted octanol–water partition coefficient (Wildman–Crippen LogP) is 5.24. The van der Waals surface area contributed by atoms with Crippen molar-refractivity contribution in [2.24, 2.45) is 0 Å². The van der Waals surface area contributed by atoms with Crippen LogP contribution in [0.4, 0.5) is 4.39 Å². The quantitative estimate of drug-likeness (QED) is 0.431. The number of methoxy groups -OCH3 is 1. The number of hydrogen-bond donors (Lipinski definition) is 0. The first kappa shape index (κ1) is 19.6. The van der Waals surface area contributed by atoms with Crippen molar-refractivity contribution in [2.45, 2.75) is 20.8 Å². The number of para-hydroxylation sites is 1. The summed E-state index contributed by atoms with van der Waals surface area (Å²) in [5, 5.41) is 0. The number of ether oxygens (including phenoxy) is 3. The molecule has 2 heterocycles. The SMILES string of the molecule is CCOc1nc(Oc2ccccc2F)nc2oc(-c3cc(C)c(OC)c(C)c3)nc12. The second-order valence-electron chi connectivity index (χ2n) is 6.59. The van der Waals surface area contributed by atoms with Gasteiger partial charge in [-0.2, -0.15) is 9.97 Å². The van der Waals surface area contributed by atoms with Crippen LogP contribution in [0, 0.1) is 19.7 Å². The molecule has 8 heteroatoms. The molecule has 4 aromatic rings. The lowest BCUT2D eigenvalue weighted by molar-refractivity contribution is 0.320. The van der Waals surface area contributed by atoms with Crippen LogP contribution in [-0.2, 0) is 0 Å². The fourth-order valence-electron chi connectivity index (χ4n) is 3.21. The molecule has 0 spiro atoms. The highest BCUT2D eigenvalue weighted by molar-refractivity contribution is 5.78. The normalized spacial score (nSPS) is 11.0. The van der Waals surface area contributed by atoms with E-state index < -0.39 is 5.82 Å². The summed E-state index contributed by atoms with van der Waals surface area (Å²) in [6.45, 7) is 6.07. The molecule has 2 aromatic carbocycles. The van der Waals surface area contributed by atoms with E-state index in [0.717, 1.165) is 22.4 Å². The van der Waals surface area contributed by atoms with Crippen LogP contribution in [0.15, 0.2) is 40.8 Å². The van der Waals surface area contributed by atoms with Crippen LogP contribution < -0.4 is 14.2 Å². The van der Waals surface area contributed by atoms with Crippen molar-refractivity contribution in [3.05, 3.63) is 53.3 Å². The number of aryl methyl sites for hydroxylation is 2. The first-order valence-electron chi connectivity index (χ1n) is 9.39. The van der Waals surface area contributed by atoms with Crippen LogP contribution in [0.2, 0.25) is 0 Å². The molecule has 0 bridgehead atoms. The van der Waals surface area contributed by atoms with E-state index in [-0.39, 0.29) is 23.4 Å². The maximum atomic E-state index is 13.9. The average Bonchev–Trinajstić information content (AvgIpc) is 3.14. The van der Waals surface area contributed by atoms with E-state index in [4.69, 9.17) is 18.6 Å². The van der Waals surface area contributed by atoms with Gasteiger partial charge in [-0.05, 0) is 56.2 Å². The van der Waals surface area contributed by atoms with Crippen molar-refractivity contribution in [3.63, 3.8) is 0 Å². The fraction of sp³-hybridized carbons (Fsp3) is 0.227. The molecule has 0 atom stereocenters. The van der Waals surface area contributed by atoms with E-state index in [1.165, 1.54) is 12.1 Å². The summed E-state index contributed by atoms with van der Waals surface area (Å²) in [7, 11) is 1.63. The first-order valence-corrected chi connectivity index (χ1v) is 9.39. The Bertz CT molecular complexity index is 1200. The summed E-state index contributed by atoms with van der Waals surface area (Å²) in [4.78, 5) is 13.0. The van der Waals surface area contributed by atoms with Crippen molar-refractivity contribution in [1.82, 2.24) is 15.0 Å². The Morgan fingerprint density at radius 3 is 2.43 bits per heavy atom. The van der Waals surface area contributed by atoms with E-state index in [9.17, 15) is 4.39 Å². The highest BCUT2D eigenvalue weighted by atomic mass is 19.1. The molecule has 2 aromatic heterocycles. The molecule has 0 fully saturated rings.